The molecule has 0 atom stereocenters. The maximum Gasteiger partial charge on any atom is 0.231 e. The van der Waals surface area contributed by atoms with Crippen LogP contribution in [0.25, 0.3) is 11.3 Å². The van der Waals surface area contributed by atoms with Crippen molar-refractivity contribution in [3.63, 3.8) is 0 Å². The molecule has 4 rings (SSSR count). The van der Waals surface area contributed by atoms with E-state index in [4.69, 9.17) is 9.47 Å². The molecule has 0 fully saturated rings. The molecule has 21 heavy (non-hydrogen) atoms. The van der Waals surface area contributed by atoms with Crippen molar-refractivity contribution in [1.29, 1.82) is 0 Å². The van der Waals surface area contributed by atoms with E-state index in [1.807, 2.05) is 41.2 Å². The van der Waals surface area contributed by atoms with Crippen LogP contribution in [0.5, 0.6) is 11.5 Å². The van der Waals surface area contributed by atoms with Gasteiger partial charge in [-0.1, -0.05) is 6.07 Å². The predicted molar refractivity (Wildman–Crippen MR) is 77.1 cm³/mol. The van der Waals surface area contributed by atoms with Crippen molar-refractivity contribution in [2.75, 3.05) is 6.79 Å². The largest absolute Gasteiger partial charge is 0.454 e. The van der Waals surface area contributed by atoms with Crippen LogP contribution < -0.4 is 9.47 Å². The van der Waals surface area contributed by atoms with Gasteiger partial charge in [0.25, 0.3) is 0 Å². The average molecular weight is 279 g/mol. The lowest BCUT2D eigenvalue weighted by Crippen LogP contribution is -1.97. The number of hydrogen-bond donors (Lipinski definition) is 0. The number of aromatic nitrogens is 3. The Hall–Kier alpha value is -2.82. The molecule has 1 aliphatic rings. The fourth-order valence-electron chi connectivity index (χ4n) is 2.34. The van der Waals surface area contributed by atoms with Gasteiger partial charge in [-0.25, -0.2) is 4.98 Å². The SMILES string of the molecule is c1cn(Cc2ccc(-c3ccc4c(c3)OCO4)nc2)cn1. The van der Waals surface area contributed by atoms with Gasteiger partial charge in [0.2, 0.25) is 6.79 Å². The maximum atomic E-state index is 5.39. The van der Waals surface area contributed by atoms with Crippen LogP contribution in [-0.2, 0) is 6.54 Å². The Bertz CT molecular complexity index is 752. The van der Waals surface area contributed by atoms with E-state index in [1.165, 1.54) is 0 Å². The minimum atomic E-state index is 0.288. The Morgan fingerprint density at radius 1 is 1.10 bits per heavy atom. The molecule has 0 saturated carbocycles. The summed E-state index contributed by atoms with van der Waals surface area (Å²) in [6.07, 6.45) is 7.39. The smallest absolute Gasteiger partial charge is 0.231 e. The number of fused-ring (bicyclic) bond motifs is 1. The second kappa shape index (κ2) is 4.94. The molecule has 3 aromatic rings. The summed E-state index contributed by atoms with van der Waals surface area (Å²) < 4.78 is 12.7. The molecule has 5 nitrogen and oxygen atoms in total. The molecular weight excluding hydrogens is 266 g/mol. The molecule has 2 aromatic heterocycles. The summed E-state index contributed by atoms with van der Waals surface area (Å²) in [7, 11) is 0. The second-order valence-electron chi connectivity index (χ2n) is 4.85. The van der Waals surface area contributed by atoms with Crippen LogP contribution in [-0.4, -0.2) is 21.3 Å². The molecule has 0 spiro atoms. The summed E-state index contributed by atoms with van der Waals surface area (Å²) in [5, 5.41) is 0. The molecule has 5 heteroatoms. The van der Waals surface area contributed by atoms with E-state index >= 15 is 0 Å². The summed E-state index contributed by atoms with van der Waals surface area (Å²) in [5.41, 5.74) is 3.08. The zero-order chi connectivity index (χ0) is 14.1. The van der Waals surface area contributed by atoms with E-state index in [0.29, 0.717) is 0 Å². The number of rotatable bonds is 3. The first kappa shape index (κ1) is 12.0. The van der Waals surface area contributed by atoms with Crippen molar-refractivity contribution in [3.05, 3.63) is 60.8 Å². The predicted octanol–water partition coefficient (Wildman–Crippen LogP) is 2.72. The van der Waals surface area contributed by atoms with E-state index in [1.54, 1.807) is 12.5 Å². The van der Waals surface area contributed by atoms with Crippen LogP contribution in [0.4, 0.5) is 0 Å². The lowest BCUT2D eigenvalue weighted by atomic mass is 10.1. The number of ether oxygens (including phenoxy) is 2. The summed E-state index contributed by atoms with van der Waals surface area (Å²) in [6.45, 7) is 1.06. The van der Waals surface area contributed by atoms with Crippen molar-refractivity contribution in [2.45, 2.75) is 6.54 Å². The van der Waals surface area contributed by atoms with Crippen molar-refractivity contribution in [2.24, 2.45) is 0 Å². The van der Waals surface area contributed by atoms with Crippen molar-refractivity contribution in [1.82, 2.24) is 14.5 Å². The molecule has 1 aliphatic heterocycles. The monoisotopic (exact) mass is 279 g/mol. The summed E-state index contributed by atoms with van der Waals surface area (Å²) in [4.78, 5) is 8.56. The fraction of sp³-hybridized carbons (Fsp3) is 0.125. The van der Waals surface area contributed by atoms with Crippen LogP contribution in [0, 0.1) is 0 Å². The highest BCUT2D eigenvalue weighted by Gasteiger charge is 2.14. The van der Waals surface area contributed by atoms with Gasteiger partial charge in [0.15, 0.2) is 11.5 Å². The van der Waals surface area contributed by atoms with Crippen LogP contribution in [0.2, 0.25) is 0 Å². The Morgan fingerprint density at radius 3 is 2.86 bits per heavy atom. The molecule has 0 aliphatic carbocycles. The van der Waals surface area contributed by atoms with Gasteiger partial charge in [-0.05, 0) is 29.8 Å². The van der Waals surface area contributed by atoms with E-state index in [-0.39, 0.29) is 6.79 Å². The van der Waals surface area contributed by atoms with Crippen LogP contribution in [0.3, 0.4) is 0 Å². The zero-order valence-corrected chi connectivity index (χ0v) is 11.3. The summed E-state index contributed by atoms with van der Waals surface area (Å²) in [6, 6.07) is 9.96. The maximum absolute atomic E-state index is 5.39. The number of imidazole rings is 1. The first-order valence-electron chi connectivity index (χ1n) is 6.69. The highest BCUT2D eigenvalue weighted by molar-refractivity contribution is 5.64. The average Bonchev–Trinajstić information content (AvgIpc) is 3.18. The first-order valence-corrected chi connectivity index (χ1v) is 6.69. The molecule has 0 saturated heterocycles. The van der Waals surface area contributed by atoms with Crippen LogP contribution >= 0.6 is 0 Å². The highest BCUT2D eigenvalue weighted by Crippen LogP contribution is 2.35. The zero-order valence-electron chi connectivity index (χ0n) is 11.3. The van der Waals surface area contributed by atoms with Gasteiger partial charge in [-0.2, -0.15) is 0 Å². The normalized spacial score (nSPS) is 12.6. The molecule has 3 heterocycles. The second-order valence-corrected chi connectivity index (χ2v) is 4.85. The number of nitrogens with zero attached hydrogens (tertiary/aromatic N) is 3. The minimum absolute atomic E-state index is 0.288. The summed E-state index contributed by atoms with van der Waals surface area (Å²) >= 11 is 0. The van der Waals surface area contributed by atoms with Crippen LogP contribution in [0.1, 0.15) is 5.56 Å². The third kappa shape index (κ3) is 2.33. The first-order chi connectivity index (χ1) is 10.4. The third-order valence-electron chi connectivity index (χ3n) is 3.42. The number of benzene rings is 1. The van der Waals surface area contributed by atoms with Gasteiger partial charge in [-0.15, -0.1) is 0 Å². The highest BCUT2D eigenvalue weighted by atomic mass is 16.7. The van der Waals surface area contributed by atoms with Gasteiger partial charge in [-0.3, -0.25) is 4.98 Å². The number of pyridine rings is 1. The van der Waals surface area contributed by atoms with Crippen molar-refractivity contribution in [3.8, 4) is 22.8 Å². The Morgan fingerprint density at radius 2 is 2.05 bits per heavy atom. The van der Waals surface area contributed by atoms with Gasteiger partial charge >= 0.3 is 0 Å². The molecule has 104 valence electrons. The van der Waals surface area contributed by atoms with Crippen molar-refractivity contribution >= 4 is 0 Å². The Labute approximate surface area is 121 Å². The van der Waals surface area contributed by atoms with Crippen LogP contribution in [0.15, 0.2) is 55.2 Å². The molecule has 0 amide bonds. The molecule has 0 bridgehead atoms. The van der Waals surface area contributed by atoms with Gasteiger partial charge in [0.1, 0.15) is 0 Å². The van der Waals surface area contributed by atoms with Gasteiger partial charge in [0.05, 0.1) is 12.0 Å². The molecule has 0 unspecified atom stereocenters. The van der Waals surface area contributed by atoms with Gasteiger partial charge in [0, 0.05) is 30.7 Å². The Balaban J connectivity index is 1.58. The summed E-state index contributed by atoms with van der Waals surface area (Å²) in [5.74, 6) is 1.56. The number of hydrogen-bond acceptors (Lipinski definition) is 4. The third-order valence-corrected chi connectivity index (χ3v) is 3.42. The topological polar surface area (TPSA) is 49.2 Å². The van der Waals surface area contributed by atoms with E-state index in [2.05, 4.69) is 16.0 Å². The minimum Gasteiger partial charge on any atom is -0.454 e. The Kier molecular flexibility index (Phi) is 2.81. The fourth-order valence-corrected chi connectivity index (χ4v) is 2.34. The van der Waals surface area contributed by atoms with E-state index < -0.39 is 0 Å². The lowest BCUT2D eigenvalue weighted by Gasteiger charge is -2.05. The molecule has 1 aromatic carbocycles. The van der Waals surface area contributed by atoms with E-state index in [9.17, 15) is 0 Å². The molecular formula is C16H13N3O2. The van der Waals surface area contributed by atoms with E-state index in [0.717, 1.165) is 34.9 Å². The molecule has 0 N–H and O–H groups in total. The lowest BCUT2D eigenvalue weighted by molar-refractivity contribution is 0.174. The quantitative estimate of drug-likeness (QED) is 0.739. The van der Waals surface area contributed by atoms with Gasteiger partial charge < -0.3 is 14.0 Å². The molecule has 0 radical (unpaired) electrons. The van der Waals surface area contributed by atoms with Crippen molar-refractivity contribution < 1.29 is 9.47 Å². The standard InChI is InChI=1S/C16H13N3O2/c1-3-14(13-2-4-15-16(7-13)21-11-20-15)18-8-12(1)9-19-6-5-17-10-19/h1-8,10H,9,11H2.